The lowest BCUT2D eigenvalue weighted by molar-refractivity contribution is -0.137. The van der Waals surface area contributed by atoms with Crippen molar-refractivity contribution in [2.24, 2.45) is 0 Å². The quantitative estimate of drug-likeness (QED) is 0.619. The van der Waals surface area contributed by atoms with Crippen LogP contribution in [-0.4, -0.2) is 36.0 Å². The molecule has 0 unspecified atom stereocenters. The molecule has 0 atom stereocenters. The predicted molar refractivity (Wildman–Crippen MR) is 100 cm³/mol. The van der Waals surface area contributed by atoms with E-state index in [2.05, 4.69) is 10.6 Å². The van der Waals surface area contributed by atoms with E-state index >= 15 is 0 Å². The smallest absolute Gasteiger partial charge is 0.322 e. The molecule has 7 nitrogen and oxygen atoms in total. The maximum absolute atomic E-state index is 12.4. The Bertz CT molecular complexity index is 829. The number of carbonyl (C=O) groups is 3. The van der Waals surface area contributed by atoms with E-state index in [1.54, 1.807) is 54.6 Å². The number of hydrogen-bond donors (Lipinski definition) is 3. The maximum atomic E-state index is 12.4. The lowest BCUT2D eigenvalue weighted by atomic mass is 10.1. The van der Waals surface area contributed by atoms with Crippen LogP contribution in [0.1, 0.15) is 22.8 Å². The first-order valence-electron chi connectivity index (χ1n) is 8.30. The summed E-state index contributed by atoms with van der Waals surface area (Å²) in [5.74, 6) is -1.67. The predicted octanol–water partition coefficient (Wildman–Crippen LogP) is 2.06. The van der Waals surface area contributed by atoms with Crippen LogP contribution in [-0.2, 0) is 9.59 Å². The molecule has 140 valence electrons. The number of nitrogens with one attached hydrogen (secondary N) is 2. The molecule has 0 aliphatic heterocycles. The zero-order valence-electron chi connectivity index (χ0n) is 14.8. The lowest BCUT2D eigenvalue weighted by Crippen LogP contribution is -2.37. The van der Waals surface area contributed by atoms with Crippen molar-refractivity contribution in [3.05, 3.63) is 71.4 Å². The number of benzene rings is 2. The van der Waals surface area contributed by atoms with Crippen LogP contribution in [0.4, 0.5) is 0 Å². The van der Waals surface area contributed by atoms with Gasteiger partial charge in [0, 0.05) is 5.56 Å². The van der Waals surface area contributed by atoms with Crippen molar-refractivity contribution < 1.29 is 24.2 Å². The van der Waals surface area contributed by atoms with Gasteiger partial charge in [0.25, 0.3) is 11.8 Å². The van der Waals surface area contributed by atoms with Crippen molar-refractivity contribution in [1.29, 1.82) is 0 Å². The Morgan fingerprint density at radius 2 is 1.70 bits per heavy atom. The fourth-order valence-corrected chi connectivity index (χ4v) is 2.19. The fraction of sp³-hybridized carbons (Fsp3) is 0.150. The molecular formula is C20H20N2O5. The van der Waals surface area contributed by atoms with Crippen LogP contribution in [0.2, 0.25) is 0 Å². The number of carbonyl (C=O) groups excluding carboxylic acids is 2. The normalized spacial score (nSPS) is 10.8. The third-order valence-electron chi connectivity index (χ3n) is 3.43. The second-order valence-corrected chi connectivity index (χ2v) is 5.46. The standard InChI is InChI=1S/C20H20N2O5/c1-2-27-16-10-8-14(9-11-16)12-17(20(26)21-13-18(23)24)22-19(25)15-6-4-3-5-7-15/h3-12H,2,13H2,1H3,(H,21,26)(H,22,25)(H,23,24)/b17-12-. The highest BCUT2D eigenvalue weighted by molar-refractivity contribution is 6.05. The molecular weight excluding hydrogens is 348 g/mol. The Labute approximate surface area is 156 Å². The van der Waals surface area contributed by atoms with Crippen molar-refractivity contribution in [2.75, 3.05) is 13.2 Å². The Hall–Kier alpha value is -3.61. The highest BCUT2D eigenvalue weighted by Crippen LogP contribution is 2.14. The van der Waals surface area contributed by atoms with Gasteiger partial charge in [-0.3, -0.25) is 14.4 Å². The van der Waals surface area contributed by atoms with E-state index in [1.807, 2.05) is 6.92 Å². The summed E-state index contributed by atoms with van der Waals surface area (Å²) < 4.78 is 5.37. The van der Waals surface area contributed by atoms with Crippen molar-refractivity contribution in [2.45, 2.75) is 6.92 Å². The molecule has 0 saturated heterocycles. The van der Waals surface area contributed by atoms with Gasteiger partial charge < -0.3 is 20.5 Å². The number of amides is 2. The number of aliphatic carboxylic acids is 1. The fourth-order valence-electron chi connectivity index (χ4n) is 2.19. The summed E-state index contributed by atoms with van der Waals surface area (Å²) >= 11 is 0. The van der Waals surface area contributed by atoms with Crippen molar-refractivity contribution in [1.82, 2.24) is 10.6 Å². The first-order chi connectivity index (χ1) is 13.0. The molecule has 27 heavy (non-hydrogen) atoms. The van der Waals surface area contributed by atoms with Gasteiger partial charge in [0.2, 0.25) is 0 Å². The molecule has 2 aromatic rings. The molecule has 3 N–H and O–H groups in total. The molecule has 0 aliphatic rings. The molecule has 0 heterocycles. The van der Waals surface area contributed by atoms with Crippen molar-refractivity contribution in [3.8, 4) is 5.75 Å². The van der Waals surface area contributed by atoms with Gasteiger partial charge >= 0.3 is 5.97 Å². The van der Waals surface area contributed by atoms with Crippen LogP contribution in [0.15, 0.2) is 60.3 Å². The summed E-state index contributed by atoms with van der Waals surface area (Å²) in [7, 11) is 0. The number of carboxylic acid groups (broad SMARTS) is 1. The molecule has 2 amide bonds. The van der Waals surface area contributed by atoms with E-state index in [-0.39, 0.29) is 5.70 Å². The van der Waals surface area contributed by atoms with Gasteiger partial charge in [0.05, 0.1) is 6.61 Å². The zero-order valence-corrected chi connectivity index (χ0v) is 14.8. The van der Waals surface area contributed by atoms with E-state index in [1.165, 1.54) is 6.08 Å². The Balaban J connectivity index is 2.23. The number of carboxylic acids is 1. The van der Waals surface area contributed by atoms with E-state index in [0.29, 0.717) is 23.5 Å². The number of ether oxygens (including phenoxy) is 1. The summed E-state index contributed by atoms with van der Waals surface area (Å²) in [4.78, 5) is 35.4. The maximum Gasteiger partial charge on any atom is 0.322 e. The Kier molecular flexibility index (Phi) is 7.13. The highest BCUT2D eigenvalue weighted by atomic mass is 16.5. The topological polar surface area (TPSA) is 105 Å². The van der Waals surface area contributed by atoms with Crippen LogP contribution in [0.5, 0.6) is 5.75 Å². The number of hydrogen-bond acceptors (Lipinski definition) is 4. The van der Waals surface area contributed by atoms with Crippen LogP contribution < -0.4 is 15.4 Å². The molecule has 0 radical (unpaired) electrons. The summed E-state index contributed by atoms with van der Waals surface area (Å²) in [5.41, 5.74) is 0.961. The third-order valence-corrected chi connectivity index (χ3v) is 3.43. The van der Waals surface area contributed by atoms with E-state index in [0.717, 1.165) is 0 Å². The SMILES string of the molecule is CCOc1ccc(/C=C(\NC(=O)c2ccccc2)C(=O)NCC(=O)O)cc1. The zero-order chi connectivity index (χ0) is 19.6. The van der Waals surface area contributed by atoms with E-state index in [9.17, 15) is 14.4 Å². The average Bonchev–Trinajstić information content (AvgIpc) is 2.67. The minimum atomic E-state index is -1.18. The van der Waals surface area contributed by atoms with E-state index < -0.39 is 24.3 Å². The summed E-state index contributed by atoms with van der Waals surface area (Å²) in [6.07, 6.45) is 1.47. The molecule has 0 saturated carbocycles. The average molecular weight is 368 g/mol. The molecule has 0 fully saturated rings. The Morgan fingerprint density at radius 3 is 2.30 bits per heavy atom. The minimum Gasteiger partial charge on any atom is -0.494 e. The lowest BCUT2D eigenvalue weighted by Gasteiger charge is -2.10. The molecule has 0 aliphatic carbocycles. The monoisotopic (exact) mass is 368 g/mol. The third kappa shape index (κ3) is 6.32. The number of rotatable bonds is 8. The highest BCUT2D eigenvalue weighted by Gasteiger charge is 2.15. The van der Waals surface area contributed by atoms with Gasteiger partial charge in [-0.1, -0.05) is 30.3 Å². The molecule has 0 bridgehead atoms. The van der Waals surface area contributed by atoms with Gasteiger partial charge in [-0.05, 0) is 42.8 Å². The first-order valence-corrected chi connectivity index (χ1v) is 8.30. The van der Waals surface area contributed by atoms with Gasteiger partial charge in [-0.2, -0.15) is 0 Å². The van der Waals surface area contributed by atoms with Crippen LogP contribution in [0.3, 0.4) is 0 Å². The van der Waals surface area contributed by atoms with Crippen molar-refractivity contribution >= 4 is 23.9 Å². The van der Waals surface area contributed by atoms with E-state index in [4.69, 9.17) is 9.84 Å². The van der Waals surface area contributed by atoms with Gasteiger partial charge in [-0.15, -0.1) is 0 Å². The van der Waals surface area contributed by atoms with Crippen molar-refractivity contribution in [3.63, 3.8) is 0 Å². The molecule has 0 aromatic heterocycles. The summed E-state index contributed by atoms with van der Waals surface area (Å²) in [6, 6.07) is 15.3. The Morgan fingerprint density at radius 1 is 1.04 bits per heavy atom. The summed E-state index contributed by atoms with van der Waals surface area (Å²) in [6.45, 7) is 1.85. The molecule has 2 rings (SSSR count). The first kappa shape index (κ1) is 19.7. The van der Waals surface area contributed by atoms with Gasteiger partial charge in [0.1, 0.15) is 18.0 Å². The molecule has 7 heteroatoms. The molecule has 2 aromatic carbocycles. The minimum absolute atomic E-state index is 0.0609. The summed E-state index contributed by atoms with van der Waals surface area (Å²) in [5, 5.41) is 13.5. The van der Waals surface area contributed by atoms with Crippen LogP contribution in [0.25, 0.3) is 6.08 Å². The van der Waals surface area contributed by atoms with Gasteiger partial charge in [0.15, 0.2) is 0 Å². The second kappa shape index (κ2) is 9.76. The van der Waals surface area contributed by atoms with Gasteiger partial charge in [-0.25, -0.2) is 0 Å². The largest absolute Gasteiger partial charge is 0.494 e. The van der Waals surface area contributed by atoms with Crippen LogP contribution in [0, 0.1) is 0 Å². The molecule has 0 spiro atoms. The van der Waals surface area contributed by atoms with Crippen LogP contribution >= 0.6 is 0 Å². The second-order valence-electron chi connectivity index (χ2n) is 5.46.